The smallest absolute Gasteiger partial charge is 0.0700 e. The van der Waals surface area contributed by atoms with Gasteiger partial charge >= 0.3 is 0 Å². The highest BCUT2D eigenvalue weighted by Crippen LogP contribution is 2.23. The van der Waals surface area contributed by atoms with Crippen molar-refractivity contribution in [1.82, 2.24) is 4.90 Å². The molecule has 1 aliphatic heterocycles. The van der Waals surface area contributed by atoms with Crippen LogP contribution in [0.3, 0.4) is 0 Å². The molecule has 17 heavy (non-hydrogen) atoms. The highest BCUT2D eigenvalue weighted by atomic mass is 35.5. The van der Waals surface area contributed by atoms with Crippen LogP contribution < -0.4 is 0 Å². The maximum Gasteiger partial charge on any atom is 0.0700 e. The van der Waals surface area contributed by atoms with Gasteiger partial charge in [0.05, 0.1) is 22.8 Å². The van der Waals surface area contributed by atoms with E-state index in [2.05, 4.69) is 11.8 Å². The average Bonchev–Trinajstić information content (AvgIpc) is 2.34. The van der Waals surface area contributed by atoms with Gasteiger partial charge in [-0.2, -0.15) is 0 Å². The third kappa shape index (κ3) is 3.59. The Bertz CT molecular complexity index is 384. The van der Waals surface area contributed by atoms with Crippen molar-refractivity contribution in [2.45, 2.75) is 26.0 Å². The summed E-state index contributed by atoms with van der Waals surface area (Å²) in [5, 5.41) is 1.24. The molecule has 1 aliphatic rings. The van der Waals surface area contributed by atoms with Crippen LogP contribution >= 0.6 is 23.2 Å². The normalized spacial score (nSPS) is 21.7. The third-order valence-electron chi connectivity index (χ3n) is 3.07. The second-order valence-corrected chi connectivity index (χ2v) is 5.20. The fraction of sp³-hybridized carbons (Fsp3) is 0.538. The Labute approximate surface area is 112 Å². The van der Waals surface area contributed by atoms with Crippen molar-refractivity contribution in [2.24, 2.45) is 0 Å². The van der Waals surface area contributed by atoms with Crippen molar-refractivity contribution in [2.75, 3.05) is 19.7 Å². The molecule has 0 saturated carbocycles. The summed E-state index contributed by atoms with van der Waals surface area (Å²) in [6.45, 7) is 5.87. The van der Waals surface area contributed by atoms with Crippen molar-refractivity contribution in [3.63, 3.8) is 0 Å². The van der Waals surface area contributed by atoms with Gasteiger partial charge < -0.3 is 4.74 Å². The van der Waals surface area contributed by atoms with Gasteiger partial charge in [0.15, 0.2) is 0 Å². The molecule has 0 radical (unpaired) electrons. The Hall–Kier alpha value is -0.280. The molecule has 1 aromatic carbocycles. The number of hydrogen-bond acceptors (Lipinski definition) is 2. The average molecular weight is 274 g/mol. The van der Waals surface area contributed by atoms with Gasteiger partial charge in [0, 0.05) is 19.6 Å². The summed E-state index contributed by atoms with van der Waals surface area (Å²) >= 11 is 11.9. The Kier molecular flexibility index (Phi) is 4.69. The summed E-state index contributed by atoms with van der Waals surface area (Å²) < 4.78 is 5.65. The van der Waals surface area contributed by atoms with E-state index in [0.29, 0.717) is 16.1 Å². The first-order valence-electron chi connectivity index (χ1n) is 5.97. The summed E-state index contributed by atoms with van der Waals surface area (Å²) in [5.74, 6) is 0. The SMILES string of the molecule is CC[C@H]1CN(Cc2ccc(Cl)c(Cl)c2)CCO1. The van der Waals surface area contributed by atoms with Gasteiger partial charge in [-0.05, 0) is 24.1 Å². The first-order valence-corrected chi connectivity index (χ1v) is 6.72. The van der Waals surface area contributed by atoms with E-state index in [4.69, 9.17) is 27.9 Å². The molecule has 1 atom stereocenters. The molecule has 1 heterocycles. The van der Waals surface area contributed by atoms with Crippen LogP contribution in [-0.2, 0) is 11.3 Å². The molecule has 0 N–H and O–H groups in total. The maximum atomic E-state index is 6.01. The van der Waals surface area contributed by atoms with Crippen molar-refractivity contribution in [3.05, 3.63) is 33.8 Å². The van der Waals surface area contributed by atoms with Gasteiger partial charge in [0.2, 0.25) is 0 Å². The molecule has 1 saturated heterocycles. The van der Waals surface area contributed by atoms with E-state index in [0.717, 1.165) is 32.7 Å². The van der Waals surface area contributed by atoms with Crippen molar-refractivity contribution in [1.29, 1.82) is 0 Å². The minimum Gasteiger partial charge on any atom is -0.376 e. The fourth-order valence-corrected chi connectivity index (χ4v) is 2.39. The van der Waals surface area contributed by atoms with E-state index in [1.807, 2.05) is 18.2 Å². The minimum absolute atomic E-state index is 0.367. The second-order valence-electron chi connectivity index (χ2n) is 4.38. The van der Waals surface area contributed by atoms with Crippen LogP contribution in [0.1, 0.15) is 18.9 Å². The molecule has 0 spiro atoms. The van der Waals surface area contributed by atoms with E-state index < -0.39 is 0 Å². The molecule has 2 rings (SSSR count). The van der Waals surface area contributed by atoms with Gasteiger partial charge in [0.1, 0.15) is 0 Å². The Morgan fingerprint density at radius 1 is 1.35 bits per heavy atom. The topological polar surface area (TPSA) is 12.5 Å². The molecule has 0 bridgehead atoms. The lowest BCUT2D eigenvalue weighted by molar-refractivity contribution is -0.0324. The molecule has 0 amide bonds. The van der Waals surface area contributed by atoms with E-state index >= 15 is 0 Å². The number of morpholine rings is 1. The molecule has 94 valence electrons. The predicted octanol–water partition coefficient (Wildman–Crippen LogP) is 3.60. The molecule has 1 aromatic rings. The van der Waals surface area contributed by atoms with E-state index in [1.54, 1.807) is 0 Å². The van der Waals surface area contributed by atoms with Gasteiger partial charge in [0.25, 0.3) is 0 Å². The Balaban J connectivity index is 1.97. The van der Waals surface area contributed by atoms with E-state index in [9.17, 15) is 0 Å². The minimum atomic E-state index is 0.367. The summed E-state index contributed by atoms with van der Waals surface area (Å²) in [7, 11) is 0. The Morgan fingerprint density at radius 3 is 2.88 bits per heavy atom. The summed E-state index contributed by atoms with van der Waals surface area (Å²) in [4.78, 5) is 2.40. The van der Waals surface area contributed by atoms with Gasteiger partial charge in [-0.15, -0.1) is 0 Å². The van der Waals surface area contributed by atoms with Crippen molar-refractivity contribution in [3.8, 4) is 0 Å². The summed E-state index contributed by atoms with van der Waals surface area (Å²) in [6, 6.07) is 5.84. The number of halogens is 2. The van der Waals surface area contributed by atoms with Crippen molar-refractivity contribution < 1.29 is 4.74 Å². The van der Waals surface area contributed by atoms with Crippen LogP contribution in [0.15, 0.2) is 18.2 Å². The predicted molar refractivity (Wildman–Crippen MR) is 71.8 cm³/mol. The van der Waals surface area contributed by atoms with E-state index in [-0.39, 0.29) is 0 Å². The van der Waals surface area contributed by atoms with Crippen molar-refractivity contribution >= 4 is 23.2 Å². The molecule has 0 unspecified atom stereocenters. The highest BCUT2D eigenvalue weighted by Gasteiger charge is 2.18. The van der Waals surface area contributed by atoms with Gasteiger partial charge in [-0.3, -0.25) is 4.90 Å². The summed E-state index contributed by atoms with van der Waals surface area (Å²) in [5.41, 5.74) is 1.20. The monoisotopic (exact) mass is 273 g/mol. The zero-order chi connectivity index (χ0) is 12.3. The second kappa shape index (κ2) is 6.05. The van der Waals surface area contributed by atoms with Crippen LogP contribution in [0.2, 0.25) is 10.0 Å². The largest absolute Gasteiger partial charge is 0.376 e. The van der Waals surface area contributed by atoms with Gasteiger partial charge in [-0.1, -0.05) is 36.2 Å². The number of rotatable bonds is 3. The molecule has 0 aliphatic carbocycles. The molecular weight excluding hydrogens is 257 g/mol. The lowest BCUT2D eigenvalue weighted by atomic mass is 10.1. The quantitative estimate of drug-likeness (QED) is 0.835. The molecule has 0 aromatic heterocycles. The molecule has 1 fully saturated rings. The summed E-state index contributed by atoms with van der Waals surface area (Å²) in [6.07, 6.45) is 1.43. The van der Waals surface area contributed by atoms with Crippen LogP contribution in [-0.4, -0.2) is 30.7 Å². The van der Waals surface area contributed by atoms with E-state index in [1.165, 1.54) is 5.56 Å². The first-order chi connectivity index (χ1) is 8.19. The van der Waals surface area contributed by atoms with Crippen LogP contribution in [0.4, 0.5) is 0 Å². The molecular formula is C13H17Cl2NO. The molecule has 4 heteroatoms. The molecule has 2 nitrogen and oxygen atoms in total. The van der Waals surface area contributed by atoms with Gasteiger partial charge in [-0.25, -0.2) is 0 Å². The standard InChI is InChI=1S/C13H17Cl2NO/c1-2-11-9-16(5-6-17-11)8-10-3-4-12(14)13(15)7-10/h3-4,7,11H,2,5-6,8-9H2,1H3/t11-/m0/s1. The first kappa shape index (κ1) is 13.2. The zero-order valence-electron chi connectivity index (χ0n) is 9.96. The lowest BCUT2D eigenvalue weighted by Crippen LogP contribution is -2.41. The number of nitrogens with zero attached hydrogens (tertiary/aromatic N) is 1. The third-order valence-corrected chi connectivity index (χ3v) is 3.81. The maximum absolute atomic E-state index is 6.01. The van der Waals surface area contributed by atoms with Crippen LogP contribution in [0, 0.1) is 0 Å². The number of benzene rings is 1. The number of ether oxygens (including phenoxy) is 1. The number of hydrogen-bond donors (Lipinski definition) is 0. The van der Waals surface area contributed by atoms with Crippen LogP contribution in [0.5, 0.6) is 0 Å². The zero-order valence-corrected chi connectivity index (χ0v) is 11.5. The highest BCUT2D eigenvalue weighted by molar-refractivity contribution is 6.42. The fourth-order valence-electron chi connectivity index (χ4n) is 2.07. The lowest BCUT2D eigenvalue weighted by Gasteiger charge is -2.32. The Morgan fingerprint density at radius 2 is 2.18 bits per heavy atom. The van der Waals surface area contributed by atoms with Crippen LogP contribution in [0.25, 0.3) is 0 Å².